The van der Waals surface area contributed by atoms with E-state index in [1.807, 2.05) is 0 Å². The zero-order valence-electron chi connectivity index (χ0n) is 10.0. The van der Waals surface area contributed by atoms with Crippen molar-refractivity contribution in [3.05, 3.63) is 29.3 Å². The van der Waals surface area contributed by atoms with Crippen LogP contribution in [0, 0.1) is 11.6 Å². The molecule has 0 spiro atoms. The van der Waals surface area contributed by atoms with E-state index in [0.717, 1.165) is 25.7 Å². The maximum atomic E-state index is 13.8. The van der Waals surface area contributed by atoms with Crippen LogP contribution >= 0.6 is 12.2 Å². The van der Waals surface area contributed by atoms with Crippen molar-refractivity contribution in [1.82, 2.24) is 0 Å². The van der Waals surface area contributed by atoms with Crippen molar-refractivity contribution in [3.8, 4) is 0 Å². The summed E-state index contributed by atoms with van der Waals surface area (Å²) in [5, 5.41) is 3.06. The lowest BCUT2D eigenvalue weighted by atomic mass is 9.95. The quantitative estimate of drug-likeness (QED) is 0.827. The highest BCUT2D eigenvalue weighted by Gasteiger charge is 2.18. The van der Waals surface area contributed by atoms with Crippen molar-refractivity contribution in [1.29, 1.82) is 0 Å². The van der Waals surface area contributed by atoms with E-state index in [0.29, 0.717) is 0 Å². The number of nitrogens with one attached hydrogen (secondary N) is 1. The predicted molar refractivity (Wildman–Crippen MR) is 72.7 cm³/mol. The van der Waals surface area contributed by atoms with Gasteiger partial charge in [-0.3, -0.25) is 0 Å². The van der Waals surface area contributed by atoms with Gasteiger partial charge in [0.15, 0.2) is 11.6 Å². The number of nitrogens with two attached hydrogens (primary N) is 1. The Morgan fingerprint density at radius 3 is 2.44 bits per heavy atom. The fourth-order valence-corrected chi connectivity index (χ4v) is 2.48. The van der Waals surface area contributed by atoms with Gasteiger partial charge in [-0.05, 0) is 25.0 Å². The van der Waals surface area contributed by atoms with E-state index in [-0.39, 0.29) is 22.3 Å². The molecule has 1 aliphatic rings. The van der Waals surface area contributed by atoms with Crippen molar-refractivity contribution in [2.24, 2.45) is 5.73 Å². The summed E-state index contributed by atoms with van der Waals surface area (Å²) >= 11 is 4.66. The van der Waals surface area contributed by atoms with Crippen molar-refractivity contribution in [2.45, 2.75) is 38.1 Å². The highest BCUT2D eigenvalue weighted by molar-refractivity contribution is 7.80. The molecule has 3 N–H and O–H groups in total. The molecule has 0 unspecified atom stereocenters. The van der Waals surface area contributed by atoms with Gasteiger partial charge in [0, 0.05) is 11.6 Å². The fraction of sp³-hybridized carbons (Fsp3) is 0.462. The van der Waals surface area contributed by atoms with Crippen LogP contribution in [0.2, 0.25) is 0 Å². The first-order chi connectivity index (χ1) is 8.59. The predicted octanol–water partition coefficient (Wildman–Crippen LogP) is 3.34. The first-order valence-corrected chi connectivity index (χ1v) is 6.54. The molecule has 2 nitrogen and oxygen atoms in total. The van der Waals surface area contributed by atoms with E-state index in [1.165, 1.54) is 18.6 Å². The zero-order chi connectivity index (χ0) is 13.1. The Morgan fingerprint density at radius 2 is 1.83 bits per heavy atom. The largest absolute Gasteiger partial charge is 0.389 e. The minimum Gasteiger partial charge on any atom is -0.389 e. The molecular weight excluding hydrogens is 254 g/mol. The normalized spacial score (nSPS) is 16.6. The summed E-state index contributed by atoms with van der Waals surface area (Å²) in [6.45, 7) is 0. The summed E-state index contributed by atoms with van der Waals surface area (Å²) in [6, 6.07) is 3.15. The Labute approximate surface area is 111 Å². The van der Waals surface area contributed by atoms with Crippen LogP contribution in [0.5, 0.6) is 0 Å². The van der Waals surface area contributed by atoms with Crippen LogP contribution in [0.25, 0.3) is 0 Å². The second kappa shape index (κ2) is 5.61. The lowest BCUT2D eigenvalue weighted by Crippen LogP contribution is -2.23. The third-order valence-corrected chi connectivity index (χ3v) is 3.53. The van der Waals surface area contributed by atoms with Gasteiger partial charge in [0.1, 0.15) is 4.99 Å². The number of hydrogen-bond donors (Lipinski definition) is 2. The molecule has 2 rings (SSSR count). The van der Waals surface area contributed by atoms with Gasteiger partial charge < -0.3 is 11.1 Å². The summed E-state index contributed by atoms with van der Waals surface area (Å²) in [5.41, 5.74) is 5.47. The third-order valence-electron chi connectivity index (χ3n) is 3.31. The zero-order valence-corrected chi connectivity index (χ0v) is 10.8. The highest BCUT2D eigenvalue weighted by atomic mass is 32.1. The van der Waals surface area contributed by atoms with Crippen LogP contribution in [-0.4, -0.2) is 11.0 Å². The highest BCUT2D eigenvalue weighted by Crippen LogP contribution is 2.25. The Hall–Kier alpha value is -1.23. The molecule has 0 bridgehead atoms. The van der Waals surface area contributed by atoms with Gasteiger partial charge in [-0.1, -0.05) is 31.5 Å². The summed E-state index contributed by atoms with van der Waals surface area (Å²) in [4.78, 5) is -0.129. The Bertz CT molecular complexity index is 457. The molecule has 98 valence electrons. The average molecular weight is 270 g/mol. The van der Waals surface area contributed by atoms with Crippen LogP contribution in [0.15, 0.2) is 12.1 Å². The summed E-state index contributed by atoms with van der Waals surface area (Å²) < 4.78 is 27.5. The van der Waals surface area contributed by atoms with Gasteiger partial charge in [0.05, 0.1) is 5.69 Å². The van der Waals surface area contributed by atoms with E-state index < -0.39 is 11.6 Å². The summed E-state index contributed by atoms with van der Waals surface area (Å²) in [5.74, 6) is -1.87. The molecular formula is C13H16F2N2S. The molecule has 0 aliphatic heterocycles. The van der Waals surface area contributed by atoms with Gasteiger partial charge in [-0.25, -0.2) is 8.78 Å². The summed E-state index contributed by atoms with van der Waals surface area (Å²) in [6.07, 6.45) is 5.48. The minimum absolute atomic E-state index is 0.0447. The van der Waals surface area contributed by atoms with Gasteiger partial charge in [0.25, 0.3) is 0 Å². The van der Waals surface area contributed by atoms with Crippen molar-refractivity contribution in [3.63, 3.8) is 0 Å². The molecule has 5 heteroatoms. The molecule has 0 radical (unpaired) electrons. The standard InChI is InChI=1S/C13H16F2N2S/c14-11-9(13(16)18)6-7-10(12(11)15)17-8-4-2-1-3-5-8/h6-8,17H,1-5H2,(H2,16,18). The minimum atomic E-state index is -0.969. The first kappa shape index (κ1) is 13.2. The van der Waals surface area contributed by atoms with Crippen LogP contribution in [-0.2, 0) is 0 Å². The van der Waals surface area contributed by atoms with E-state index in [4.69, 9.17) is 5.73 Å². The average Bonchev–Trinajstić information content (AvgIpc) is 2.36. The summed E-state index contributed by atoms with van der Waals surface area (Å²) in [7, 11) is 0. The lowest BCUT2D eigenvalue weighted by Gasteiger charge is -2.24. The Kier molecular flexibility index (Phi) is 4.11. The maximum Gasteiger partial charge on any atom is 0.182 e. The number of rotatable bonds is 3. The van der Waals surface area contributed by atoms with E-state index in [1.54, 1.807) is 0 Å². The molecule has 0 saturated heterocycles. The van der Waals surface area contributed by atoms with Crippen molar-refractivity contribution in [2.75, 3.05) is 5.32 Å². The monoisotopic (exact) mass is 270 g/mol. The Balaban J connectivity index is 2.18. The molecule has 0 amide bonds. The molecule has 18 heavy (non-hydrogen) atoms. The van der Waals surface area contributed by atoms with Crippen LogP contribution in [0.1, 0.15) is 37.7 Å². The van der Waals surface area contributed by atoms with Crippen LogP contribution < -0.4 is 11.1 Å². The molecule has 0 aromatic heterocycles. The topological polar surface area (TPSA) is 38.0 Å². The van der Waals surface area contributed by atoms with Crippen LogP contribution in [0.4, 0.5) is 14.5 Å². The number of anilines is 1. The van der Waals surface area contributed by atoms with E-state index >= 15 is 0 Å². The van der Waals surface area contributed by atoms with Gasteiger partial charge in [0.2, 0.25) is 0 Å². The lowest BCUT2D eigenvalue weighted by molar-refractivity contribution is 0.457. The second-order valence-electron chi connectivity index (χ2n) is 4.63. The number of thiocarbonyl (C=S) groups is 1. The molecule has 1 aliphatic carbocycles. The molecule has 1 aromatic carbocycles. The molecule has 0 heterocycles. The number of hydrogen-bond acceptors (Lipinski definition) is 2. The van der Waals surface area contributed by atoms with Crippen LogP contribution in [0.3, 0.4) is 0 Å². The molecule has 1 fully saturated rings. The molecule has 1 saturated carbocycles. The smallest absolute Gasteiger partial charge is 0.182 e. The second-order valence-corrected chi connectivity index (χ2v) is 5.07. The SMILES string of the molecule is NC(=S)c1ccc(NC2CCCCC2)c(F)c1F. The first-order valence-electron chi connectivity index (χ1n) is 6.14. The maximum absolute atomic E-state index is 13.8. The number of halogens is 2. The van der Waals surface area contributed by atoms with E-state index in [2.05, 4.69) is 17.5 Å². The fourth-order valence-electron chi connectivity index (χ4n) is 2.32. The molecule has 0 atom stereocenters. The molecule has 1 aromatic rings. The van der Waals surface area contributed by atoms with Gasteiger partial charge in [-0.2, -0.15) is 0 Å². The third kappa shape index (κ3) is 2.77. The van der Waals surface area contributed by atoms with Gasteiger partial charge >= 0.3 is 0 Å². The van der Waals surface area contributed by atoms with Crippen molar-refractivity contribution < 1.29 is 8.78 Å². The van der Waals surface area contributed by atoms with Gasteiger partial charge in [-0.15, -0.1) is 0 Å². The number of benzene rings is 1. The van der Waals surface area contributed by atoms with Crippen molar-refractivity contribution >= 4 is 22.9 Å². The van der Waals surface area contributed by atoms with E-state index in [9.17, 15) is 8.78 Å². The Morgan fingerprint density at radius 1 is 1.17 bits per heavy atom.